The highest BCUT2D eigenvalue weighted by atomic mass is 14.7. The summed E-state index contributed by atoms with van der Waals surface area (Å²) in [5, 5.41) is 1.18. The van der Waals surface area contributed by atoms with Gasteiger partial charge in [0.1, 0.15) is 0 Å². The van der Waals surface area contributed by atoms with Crippen molar-refractivity contribution in [2.45, 2.75) is 0 Å². The average Bonchev–Trinajstić information content (AvgIpc) is 2.79. The first-order chi connectivity index (χ1) is 13.9. The normalized spacial score (nSPS) is 10.9. The van der Waals surface area contributed by atoms with Crippen molar-refractivity contribution in [2.24, 2.45) is 0 Å². The van der Waals surface area contributed by atoms with Gasteiger partial charge in [0.2, 0.25) is 0 Å². The van der Waals surface area contributed by atoms with Crippen LogP contribution in [0.15, 0.2) is 115 Å². The van der Waals surface area contributed by atoms with Crippen LogP contribution in [0.2, 0.25) is 0 Å². The van der Waals surface area contributed by atoms with Gasteiger partial charge in [-0.2, -0.15) is 0 Å². The number of fused-ring (bicyclic) bond motifs is 1. The molecule has 0 radical (unpaired) electrons. The van der Waals surface area contributed by atoms with E-state index in [0.717, 1.165) is 16.8 Å². The minimum Gasteiger partial charge on any atom is -0.248 e. The van der Waals surface area contributed by atoms with Crippen LogP contribution in [-0.2, 0) is 0 Å². The van der Waals surface area contributed by atoms with Crippen LogP contribution in [0.5, 0.6) is 0 Å². The van der Waals surface area contributed by atoms with Crippen LogP contribution in [-0.4, -0.2) is 4.98 Å². The fourth-order valence-electron chi connectivity index (χ4n) is 3.75. The van der Waals surface area contributed by atoms with Crippen LogP contribution >= 0.6 is 0 Å². The third-order valence-corrected chi connectivity index (χ3v) is 5.09. The van der Waals surface area contributed by atoms with E-state index in [1.807, 2.05) is 6.07 Å². The Morgan fingerprint density at radius 1 is 0.429 bits per heavy atom. The molecule has 1 heteroatoms. The molecule has 0 N–H and O–H groups in total. The van der Waals surface area contributed by atoms with Gasteiger partial charge in [0.25, 0.3) is 0 Å². The van der Waals surface area contributed by atoms with E-state index < -0.39 is 0 Å². The smallest absolute Gasteiger partial charge is 0.0722 e. The Kier molecular flexibility index (Phi) is 4.19. The van der Waals surface area contributed by atoms with Gasteiger partial charge >= 0.3 is 0 Å². The maximum atomic E-state index is 5.02. The third kappa shape index (κ3) is 2.97. The Morgan fingerprint density at radius 3 is 1.68 bits per heavy atom. The summed E-state index contributed by atoms with van der Waals surface area (Å²) < 4.78 is 0. The van der Waals surface area contributed by atoms with E-state index >= 15 is 0 Å². The SMILES string of the molecule is c1ccc(-c2ccccc2-c2cc(-c3ccccc3)c3ccccc3n2)cc1. The van der Waals surface area contributed by atoms with Crippen LogP contribution in [0.4, 0.5) is 0 Å². The maximum Gasteiger partial charge on any atom is 0.0722 e. The minimum atomic E-state index is 0.997. The zero-order chi connectivity index (χ0) is 18.8. The van der Waals surface area contributed by atoms with Crippen LogP contribution in [0, 0.1) is 0 Å². The zero-order valence-electron chi connectivity index (χ0n) is 15.4. The van der Waals surface area contributed by atoms with Crippen LogP contribution in [0.3, 0.4) is 0 Å². The summed E-state index contributed by atoms with van der Waals surface area (Å²) in [5.74, 6) is 0. The lowest BCUT2D eigenvalue weighted by atomic mass is 9.94. The number of rotatable bonds is 3. The van der Waals surface area contributed by atoms with Crippen molar-refractivity contribution in [3.8, 4) is 33.5 Å². The fourth-order valence-corrected chi connectivity index (χ4v) is 3.75. The summed E-state index contributed by atoms with van der Waals surface area (Å²) in [6.07, 6.45) is 0. The second-order valence-electron chi connectivity index (χ2n) is 6.85. The molecule has 0 atom stereocenters. The second kappa shape index (κ2) is 7.13. The van der Waals surface area contributed by atoms with Crippen LogP contribution in [0.1, 0.15) is 0 Å². The van der Waals surface area contributed by atoms with Gasteiger partial charge in [-0.15, -0.1) is 0 Å². The molecule has 4 aromatic carbocycles. The van der Waals surface area contributed by atoms with E-state index in [0.29, 0.717) is 0 Å². The largest absolute Gasteiger partial charge is 0.248 e. The molecule has 0 unspecified atom stereocenters. The van der Waals surface area contributed by atoms with Crippen molar-refractivity contribution >= 4 is 10.9 Å². The number of hydrogen-bond acceptors (Lipinski definition) is 1. The third-order valence-electron chi connectivity index (χ3n) is 5.09. The first-order valence-corrected chi connectivity index (χ1v) is 9.50. The van der Waals surface area contributed by atoms with Gasteiger partial charge in [0.15, 0.2) is 0 Å². The van der Waals surface area contributed by atoms with E-state index in [2.05, 4.69) is 109 Å². The van der Waals surface area contributed by atoms with Crippen molar-refractivity contribution in [1.82, 2.24) is 4.98 Å². The highest BCUT2D eigenvalue weighted by Crippen LogP contribution is 2.36. The van der Waals surface area contributed by atoms with E-state index in [1.54, 1.807) is 0 Å². The number of para-hydroxylation sites is 1. The monoisotopic (exact) mass is 357 g/mol. The summed E-state index contributed by atoms with van der Waals surface area (Å²) in [6.45, 7) is 0. The molecule has 132 valence electrons. The first-order valence-electron chi connectivity index (χ1n) is 9.50. The molecule has 0 aliphatic heterocycles. The lowest BCUT2D eigenvalue weighted by molar-refractivity contribution is 1.39. The Hall–Kier alpha value is -3.71. The Labute approximate surface area is 165 Å². The molecular weight excluding hydrogens is 338 g/mol. The molecule has 5 aromatic rings. The van der Waals surface area contributed by atoms with Gasteiger partial charge in [0.05, 0.1) is 11.2 Å². The van der Waals surface area contributed by atoms with E-state index in [9.17, 15) is 0 Å². The van der Waals surface area contributed by atoms with Crippen molar-refractivity contribution in [3.05, 3.63) is 115 Å². The minimum absolute atomic E-state index is 0.997. The fraction of sp³-hybridized carbons (Fsp3) is 0. The summed E-state index contributed by atoms with van der Waals surface area (Å²) in [6, 6.07) is 40.2. The van der Waals surface area contributed by atoms with Gasteiger partial charge in [-0.05, 0) is 34.4 Å². The summed E-state index contributed by atoms with van der Waals surface area (Å²) in [5.41, 5.74) is 7.98. The predicted octanol–water partition coefficient (Wildman–Crippen LogP) is 7.24. The zero-order valence-corrected chi connectivity index (χ0v) is 15.4. The number of pyridine rings is 1. The quantitative estimate of drug-likeness (QED) is 0.332. The highest BCUT2D eigenvalue weighted by molar-refractivity contribution is 5.97. The van der Waals surface area contributed by atoms with E-state index in [1.165, 1.54) is 27.6 Å². The van der Waals surface area contributed by atoms with Gasteiger partial charge < -0.3 is 0 Å². The number of aromatic nitrogens is 1. The van der Waals surface area contributed by atoms with Gasteiger partial charge in [-0.3, -0.25) is 0 Å². The van der Waals surface area contributed by atoms with Crippen LogP contribution < -0.4 is 0 Å². The highest BCUT2D eigenvalue weighted by Gasteiger charge is 2.12. The summed E-state index contributed by atoms with van der Waals surface area (Å²) >= 11 is 0. The summed E-state index contributed by atoms with van der Waals surface area (Å²) in [4.78, 5) is 5.02. The number of nitrogens with zero attached hydrogens (tertiary/aromatic N) is 1. The Bertz CT molecular complexity index is 1240. The molecule has 28 heavy (non-hydrogen) atoms. The molecule has 0 aliphatic rings. The molecule has 1 nitrogen and oxygen atoms in total. The number of benzene rings is 4. The van der Waals surface area contributed by atoms with Crippen LogP contribution in [0.25, 0.3) is 44.4 Å². The lowest BCUT2D eigenvalue weighted by Crippen LogP contribution is -1.92. The topological polar surface area (TPSA) is 12.9 Å². The molecule has 0 saturated carbocycles. The van der Waals surface area contributed by atoms with Crippen molar-refractivity contribution in [3.63, 3.8) is 0 Å². The van der Waals surface area contributed by atoms with Crippen molar-refractivity contribution in [2.75, 3.05) is 0 Å². The molecule has 0 spiro atoms. The molecule has 5 rings (SSSR count). The molecule has 1 heterocycles. The summed E-state index contributed by atoms with van der Waals surface area (Å²) in [7, 11) is 0. The van der Waals surface area contributed by atoms with Crippen molar-refractivity contribution < 1.29 is 0 Å². The van der Waals surface area contributed by atoms with Crippen molar-refractivity contribution in [1.29, 1.82) is 0 Å². The molecule has 0 aliphatic carbocycles. The first kappa shape index (κ1) is 16.5. The lowest BCUT2D eigenvalue weighted by Gasteiger charge is -2.13. The van der Waals surface area contributed by atoms with Gasteiger partial charge in [-0.25, -0.2) is 4.98 Å². The van der Waals surface area contributed by atoms with Gasteiger partial charge in [-0.1, -0.05) is 103 Å². The molecule has 0 amide bonds. The van der Waals surface area contributed by atoms with E-state index in [4.69, 9.17) is 4.98 Å². The van der Waals surface area contributed by atoms with E-state index in [-0.39, 0.29) is 0 Å². The average molecular weight is 357 g/mol. The predicted molar refractivity (Wildman–Crippen MR) is 118 cm³/mol. The Balaban J connectivity index is 1.78. The molecule has 1 aromatic heterocycles. The molecule has 0 saturated heterocycles. The second-order valence-corrected chi connectivity index (χ2v) is 6.85. The number of hydrogen-bond donors (Lipinski definition) is 0. The standard InChI is InChI=1S/C27H19N/c1-3-11-20(12-4-1)22-15-7-8-16-23(22)27-19-25(21-13-5-2-6-14-21)24-17-9-10-18-26(24)28-27/h1-19H. The molecular formula is C27H19N. The maximum absolute atomic E-state index is 5.02. The molecule has 0 bridgehead atoms. The molecule has 0 fully saturated rings. The Morgan fingerprint density at radius 2 is 0.964 bits per heavy atom. The van der Waals surface area contributed by atoms with Gasteiger partial charge in [0, 0.05) is 10.9 Å².